The van der Waals surface area contributed by atoms with Gasteiger partial charge in [-0.05, 0) is 53.9 Å². The molecule has 2 nitrogen and oxygen atoms in total. The summed E-state index contributed by atoms with van der Waals surface area (Å²) in [6.07, 6.45) is 0. The van der Waals surface area contributed by atoms with Crippen molar-refractivity contribution in [3.05, 3.63) is 28.2 Å². The molecule has 0 amide bonds. The third-order valence-corrected chi connectivity index (χ3v) is 3.32. The van der Waals surface area contributed by atoms with Crippen LogP contribution in [-0.4, -0.2) is 18.9 Å². The van der Waals surface area contributed by atoms with Crippen LogP contribution in [0.3, 0.4) is 0 Å². The van der Waals surface area contributed by atoms with Crippen LogP contribution in [0.2, 0.25) is 0 Å². The number of hydrogen-bond acceptors (Lipinski definition) is 2. The summed E-state index contributed by atoms with van der Waals surface area (Å²) in [5.74, 6) is 0.719. The zero-order valence-electron chi connectivity index (χ0n) is 11.0. The van der Waals surface area contributed by atoms with E-state index >= 15 is 0 Å². The molecule has 0 saturated heterocycles. The second-order valence-corrected chi connectivity index (χ2v) is 5.51. The fourth-order valence-electron chi connectivity index (χ4n) is 1.84. The summed E-state index contributed by atoms with van der Waals surface area (Å²) >= 11 is 3.46. The lowest BCUT2D eigenvalue weighted by molar-refractivity contribution is 0.101. The maximum absolute atomic E-state index is 11.4. The number of benzene rings is 1. The molecular weight excluding hydrogens is 278 g/mol. The standard InChI is InChI=1S/C14H20BrNO/c1-5-16(9-10(2)3)12-6-7-13(11(4)17)14(15)8-12/h6-8,10H,5,9H2,1-4H3. The number of nitrogens with zero attached hydrogens (tertiary/aromatic N) is 1. The molecule has 1 aromatic rings. The third kappa shape index (κ3) is 3.84. The molecule has 0 aromatic heterocycles. The molecular formula is C14H20BrNO. The van der Waals surface area contributed by atoms with Gasteiger partial charge in [-0.2, -0.15) is 0 Å². The first-order valence-electron chi connectivity index (χ1n) is 6.01. The maximum atomic E-state index is 11.4. The monoisotopic (exact) mass is 297 g/mol. The Morgan fingerprint density at radius 3 is 2.47 bits per heavy atom. The highest BCUT2D eigenvalue weighted by molar-refractivity contribution is 9.10. The molecule has 0 saturated carbocycles. The summed E-state index contributed by atoms with van der Waals surface area (Å²) in [5, 5.41) is 0. The van der Waals surface area contributed by atoms with E-state index in [2.05, 4.69) is 41.6 Å². The molecule has 0 spiro atoms. The molecule has 0 atom stereocenters. The lowest BCUT2D eigenvalue weighted by Crippen LogP contribution is -2.27. The van der Waals surface area contributed by atoms with E-state index < -0.39 is 0 Å². The summed E-state index contributed by atoms with van der Waals surface area (Å²) in [5.41, 5.74) is 1.91. The van der Waals surface area contributed by atoms with Gasteiger partial charge in [0.1, 0.15) is 0 Å². The van der Waals surface area contributed by atoms with Gasteiger partial charge in [-0.15, -0.1) is 0 Å². The van der Waals surface area contributed by atoms with Gasteiger partial charge in [0.2, 0.25) is 0 Å². The van der Waals surface area contributed by atoms with Crippen molar-refractivity contribution >= 4 is 27.4 Å². The maximum Gasteiger partial charge on any atom is 0.160 e. The number of carbonyl (C=O) groups excluding carboxylic acids is 1. The van der Waals surface area contributed by atoms with Gasteiger partial charge in [-0.25, -0.2) is 0 Å². The molecule has 17 heavy (non-hydrogen) atoms. The minimum Gasteiger partial charge on any atom is -0.372 e. The SMILES string of the molecule is CCN(CC(C)C)c1ccc(C(C)=O)c(Br)c1. The van der Waals surface area contributed by atoms with Crippen LogP contribution in [0.1, 0.15) is 38.1 Å². The average Bonchev–Trinajstić information content (AvgIpc) is 2.24. The van der Waals surface area contributed by atoms with Crippen LogP contribution in [0, 0.1) is 5.92 Å². The molecule has 0 bridgehead atoms. The number of Topliss-reactive ketones (excluding diaryl/α,β-unsaturated/α-hetero) is 1. The van der Waals surface area contributed by atoms with Gasteiger partial charge in [0.25, 0.3) is 0 Å². The predicted molar refractivity (Wildman–Crippen MR) is 76.9 cm³/mol. The summed E-state index contributed by atoms with van der Waals surface area (Å²) in [6.45, 7) is 10.2. The molecule has 0 N–H and O–H groups in total. The zero-order chi connectivity index (χ0) is 13.0. The van der Waals surface area contributed by atoms with Crippen molar-refractivity contribution in [2.45, 2.75) is 27.7 Å². The van der Waals surface area contributed by atoms with Crippen LogP contribution in [-0.2, 0) is 0 Å². The van der Waals surface area contributed by atoms with E-state index in [0.29, 0.717) is 5.92 Å². The molecule has 94 valence electrons. The first kappa shape index (κ1) is 14.2. The molecule has 0 radical (unpaired) electrons. The van der Waals surface area contributed by atoms with Crippen molar-refractivity contribution in [1.82, 2.24) is 0 Å². The molecule has 1 aromatic carbocycles. The number of rotatable bonds is 5. The van der Waals surface area contributed by atoms with Crippen molar-refractivity contribution in [1.29, 1.82) is 0 Å². The van der Waals surface area contributed by atoms with E-state index in [1.54, 1.807) is 6.92 Å². The second kappa shape index (κ2) is 6.20. The highest BCUT2D eigenvalue weighted by Gasteiger charge is 2.10. The van der Waals surface area contributed by atoms with E-state index in [1.165, 1.54) is 0 Å². The van der Waals surface area contributed by atoms with Gasteiger partial charge in [-0.1, -0.05) is 13.8 Å². The summed E-state index contributed by atoms with van der Waals surface area (Å²) < 4.78 is 0.879. The van der Waals surface area contributed by atoms with Gasteiger partial charge in [0.05, 0.1) is 0 Å². The molecule has 0 unspecified atom stereocenters. The van der Waals surface area contributed by atoms with Crippen molar-refractivity contribution in [3.8, 4) is 0 Å². The highest BCUT2D eigenvalue weighted by atomic mass is 79.9. The summed E-state index contributed by atoms with van der Waals surface area (Å²) in [7, 11) is 0. The Balaban J connectivity index is 2.98. The molecule has 0 heterocycles. The van der Waals surface area contributed by atoms with E-state index in [-0.39, 0.29) is 5.78 Å². The fraction of sp³-hybridized carbons (Fsp3) is 0.500. The Labute approximate surface area is 112 Å². The van der Waals surface area contributed by atoms with E-state index in [4.69, 9.17) is 0 Å². The van der Waals surface area contributed by atoms with Crippen LogP contribution >= 0.6 is 15.9 Å². The van der Waals surface area contributed by atoms with Crippen molar-refractivity contribution < 1.29 is 4.79 Å². The Bertz CT molecular complexity index is 401. The average molecular weight is 298 g/mol. The Kier molecular flexibility index (Phi) is 5.19. The van der Waals surface area contributed by atoms with E-state index in [9.17, 15) is 4.79 Å². The lowest BCUT2D eigenvalue weighted by Gasteiger charge is -2.25. The first-order valence-corrected chi connectivity index (χ1v) is 6.80. The van der Waals surface area contributed by atoms with Crippen molar-refractivity contribution in [2.24, 2.45) is 5.92 Å². The Hall–Kier alpha value is -0.830. The number of ketones is 1. The van der Waals surface area contributed by atoms with Gasteiger partial charge >= 0.3 is 0 Å². The third-order valence-electron chi connectivity index (χ3n) is 2.66. The Morgan fingerprint density at radius 1 is 1.41 bits per heavy atom. The number of halogens is 1. The minimum atomic E-state index is 0.0929. The highest BCUT2D eigenvalue weighted by Crippen LogP contribution is 2.25. The molecule has 0 fully saturated rings. The van der Waals surface area contributed by atoms with Gasteiger partial charge < -0.3 is 4.90 Å². The van der Waals surface area contributed by atoms with Crippen LogP contribution in [0.4, 0.5) is 5.69 Å². The molecule has 0 aliphatic heterocycles. The largest absolute Gasteiger partial charge is 0.372 e. The quantitative estimate of drug-likeness (QED) is 0.762. The molecule has 0 aliphatic carbocycles. The van der Waals surface area contributed by atoms with Gasteiger partial charge in [0, 0.05) is 28.8 Å². The number of hydrogen-bond donors (Lipinski definition) is 0. The minimum absolute atomic E-state index is 0.0929. The first-order chi connectivity index (χ1) is 7.95. The topological polar surface area (TPSA) is 20.3 Å². The Morgan fingerprint density at radius 2 is 2.06 bits per heavy atom. The van der Waals surface area contributed by atoms with Crippen molar-refractivity contribution in [2.75, 3.05) is 18.0 Å². The summed E-state index contributed by atoms with van der Waals surface area (Å²) in [6, 6.07) is 5.95. The lowest BCUT2D eigenvalue weighted by atomic mass is 10.1. The molecule has 1 rings (SSSR count). The predicted octanol–water partition coefficient (Wildman–Crippen LogP) is 4.13. The zero-order valence-corrected chi connectivity index (χ0v) is 12.5. The normalized spacial score (nSPS) is 10.7. The van der Waals surface area contributed by atoms with Crippen LogP contribution in [0.25, 0.3) is 0 Å². The van der Waals surface area contributed by atoms with Gasteiger partial charge in [0.15, 0.2) is 5.78 Å². The number of anilines is 1. The second-order valence-electron chi connectivity index (χ2n) is 4.65. The fourth-order valence-corrected chi connectivity index (χ4v) is 2.49. The molecule has 3 heteroatoms. The smallest absolute Gasteiger partial charge is 0.160 e. The van der Waals surface area contributed by atoms with Crippen molar-refractivity contribution in [3.63, 3.8) is 0 Å². The summed E-state index contributed by atoms with van der Waals surface area (Å²) in [4.78, 5) is 13.7. The van der Waals surface area contributed by atoms with E-state index in [1.807, 2.05) is 18.2 Å². The van der Waals surface area contributed by atoms with Crippen LogP contribution < -0.4 is 4.90 Å². The van der Waals surface area contributed by atoms with Crippen LogP contribution in [0.15, 0.2) is 22.7 Å². The van der Waals surface area contributed by atoms with E-state index in [0.717, 1.165) is 28.8 Å². The number of carbonyl (C=O) groups is 1. The van der Waals surface area contributed by atoms with Gasteiger partial charge in [-0.3, -0.25) is 4.79 Å². The molecule has 0 aliphatic rings. The van der Waals surface area contributed by atoms with Crippen LogP contribution in [0.5, 0.6) is 0 Å².